The molecule has 84 valence electrons. The van der Waals surface area contributed by atoms with Crippen LogP contribution in [0.5, 0.6) is 0 Å². The molecule has 2 amide bonds. The SMILES string of the molecule is O=C1CC(OC(=O)N2CCCCC2)CN1. The van der Waals surface area contributed by atoms with E-state index in [0.29, 0.717) is 13.0 Å². The van der Waals surface area contributed by atoms with Gasteiger partial charge in [0.25, 0.3) is 0 Å². The van der Waals surface area contributed by atoms with Crippen LogP contribution < -0.4 is 5.32 Å². The first-order valence-electron chi connectivity index (χ1n) is 5.48. The van der Waals surface area contributed by atoms with Gasteiger partial charge in [0.15, 0.2) is 0 Å². The molecule has 5 heteroatoms. The Kier molecular flexibility index (Phi) is 3.08. The standard InChI is InChI=1S/C10H16N2O3/c13-9-6-8(7-11-9)15-10(14)12-4-2-1-3-5-12/h8H,1-7H2,(H,11,13). The molecule has 0 spiro atoms. The molecule has 1 atom stereocenters. The molecule has 0 aromatic heterocycles. The predicted octanol–water partition coefficient (Wildman–Crippen LogP) is 0.497. The van der Waals surface area contributed by atoms with Crippen molar-refractivity contribution in [3.05, 3.63) is 0 Å². The molecule has 0 radical (unpaired) electrons. The number of carbonyl (C=O) groups excluding carboxylic acids is 2. The summed E-state index contributed by atoms with van der Waals surface area (Å²) in [5.41, 5.74) is 0. The van der Waals surface area contributed by atoms with Crippen LogP contribution >= 0.6 is 0 Å². The highest BCUT2D eigenvalue weighted by Gasteiger charge is 2.27. The average Bonchev–Trinajstić information content (AvgIpc) is 2.65. The van der Waals surface area contributed by atoms with Gasteiger partial charge in [-0.2, -0.15) is 0 Å². The maximum Gasteiger partial charge on any atom is 0.410 e. The molecular formula is C10H16N2O3. The summed E-state index contributed by atoms with van der Waals surface area (Å²) in [6.45, 7) is 2.03. The molecule has 0 bridgehead atoms. The van der Waals surface area contributed by atoms with Crippen LogP contribution in [-0.4, -0.2) is 42.6 Å². The highest BCUT2D eigenvalue weighted by molar-refractivity contribution is 5.79. The smallest absolute Gasteiger partial charge is 0.410 e. The minimum absolute atomic E-state index is 0.0357. The summed E-state index contributed by atoms with van der Waals surface area (Å²) in [7, 11) is 0. The van der Waals surface area contributed by atoms with Gasteiger partial charge >= 0.3 is 6.09 Å². The van der Waals surface area contributed by atoms with Crippen LogP contribution in [-0.2, 0) is 9.53 Å². The van der Waals surface area contributed by atoms with E-state index in [1.807, 2.05) is 0 Å². The van der Waals surface area contributed by atoms with Gasteiger partial charge in [0.1, 0.15) is 6.10 Å². The summed E-state index contributed by atoms with van der Waals surface area (Å²) >= 11 is 0. The quantitative estimate of drug-likeness (QED) is 0.688. The Morgan fingerprint density at radius 3 is 2.67 bits per heavy atom. The molecule has 2 fully saturated rings. The third-order valence-electron chi connectivity index (χ3n) is 2.82. The maximum absolute atomic E-state index is 11.6. The number of ether oxygens (including phenoxy) is 1. The van der Waals surface area contributed by atoms with E-state index in [0.717, 1.165) is 25.9 Å². The van der Waals surface area contributed by atoms with Crippen molar-refractivity contribution >= 4 is 12.0 Å². The molecule has 15 heavy (non-hydrogen) atoms. The first kappa shape index (κ1) is 10.3. The topological polar surface area (TPSA) is 58.6 Å². The molecule has 0 aromatic rings. The van der Waals surface area contributed by atoms with E-state index in [1.54, 1.807) is 4.90 Å². The molecular weight excluding hydrogens is 196 g/mol. The van der Waals surface area contributed by atoms with Crippen LogP contribution in [0.2, 0.25) is 0 Å². The third-order valence-corrected chi connectivity index (χ3v) is 2.82. The van der Waals surface area contributed by atoms with Crippen LogP contribution in [0.25, 0.3) is 0 Å². The van der Waals surface area contributed by atoms with Crippen molar-refractivity contribution < 1.29 is 14.3 Å². The van der Waals surface area contributed by atoms with Gasteiger partial charge in [-0.05, 0) is 19.3 Å². The van der Waals surface area contributed by atoms with Crippen molar-refractivity contribution in [1.82, 2.24) is 10.2 Å². The molecule has 0 saturated carbocycles. The maximum atomic E-state index is 11.6. The minimum Gasteiger partial charge on any atom is -0.444 e. The van der Waals surface area contributed by atoms with E-state index in [4.69, 9.17) is 4.74 Å². The van der Waals surface area contributed by atoms with E-state index >= 15 is 0 Å². The summed E-state index contributed by atoms with van der Waals surface area (Å²) in [4.78, 5) is 24.2. The van der Waals surface area contributed by atoms with E-state index in [1.165, 1.54) is 6.42 Å². The summed E-state index contributed by atoms with van der Waals surface area (Å²) in [6, 6.07) is 0. The normalized spacial score (nSPS) is 26.3. The van der Waals surface area contributed by atoms with Crippen LogP contribution in [0.4, 0.5) is 4.79 Å². The number of nitrogens with one attached hydrogen (secondary N) is 1. The molecule has 0 aliphatic carbocycles. The van der Waals surface area contributed by atoms with Crippen LogP contribution in [0.15, 0.2) is 0 Å². The fourth-order valence-corrected chi connectivity index (χ4v) is 1.96. The van der Waals surface area contributed by atoms with E-state index < -0.39 is 0 Å². The van der Waals surface area contributed by atoms with Gasteiger partial charge in [-0.3, -0.25) is 4.79 Å². The molecule has 2 heterocycles. The molecule has 0 aromatic carbocycles. The molecule has 1 unspecified atom stereocenters. The van der Waals surface area contributed by atoms with Crippen molar-refractivity contribution in [2.75, 3.05) is 19.6 Å². The lowest BCUT2D eigenvalue weighted by Crippen LogP contribution is -2.38. The fourth-order valence-electron chi connectivity index (χ4n) is 1.96. The number of piperidine rings is 1. The first-order chi connectivity index (χ1) is 7.25. The van der Waals surface area contributed by atoms with Crippen molar-refractivity contribution in [3.8, 4) is 0 Å². The van der Waals surface area contributed by atoms with E-state index in [2.05, 4.69) is 5.32 Å². The van der Waals surface area contributed by atoms with Gasteiger partial charge in [-0.15, -0.1) is 0 Å². The molecule has 1 N–H and O–H groups in total. The Morgan fingerprint density at radius 2 is 2.07 bits per heavy atom. The average molecular weight is 212 g/mol. The summed E-state index contributed by atoms with van der Waals surface area (Å²) in [6.07, 6.45) is 3.06. The number of amides is 2. The molecule has 2 aliphatic rings. The number of carbonyl (C=O) groups is 2. The van der Waals surface area contributed by atoms with Gasteiger partial charge in [0, 0.05) is 13.1 Å². The van der Waals surface area contributed by atoms with Crippen molar-refractivity contribution in [2.24, 2.45) is 0 Å². The van der Waals surface area contributed by atoms with E-state index in [-0.39, 0.29) is 18.1 Å². The lowest BCUT2D eigenvalue weighted by Gasteiger charge is -2.26. The second-order valence-electron chi connectivity index (χ2n) is 4.06. The first-order valence-corrected chi connectivity index (χ1v) is 5.48. The summed E-state index contributed by atoms with van der Waals surface area (Å²) in [5.74, 6) is -0.0357. The molecule has 5 nitrogen and oxygen atoms in total. The van der Waals surface area contributed by atoms with Gasteiger partial charge in [0.05, 0.1) is 13.0 Å². The monoisotopic (exact) mass is 212 g/mol. The highest BCUT2D eigenvalue weighted by Crippen LogP contribution is 2.12. The Labute approximate surface area is 88.8 Å². The second-order valence-corrected chi connectivity index (χ2v) is 4.06. The summed E-state index contributed by atoms with van der Waals surface area (Å²) in [5, 5.41) is 2.64. The number of nitrogens with zero attached hydrogens (tertiary/aromatic N) is 1. The lowest BCUT2D eigenvalue weighted by molar-refractivity contribution is -0.119. The number of hydrogen-bond acceptors (Lipinski definition) is 3. The van der Waals surface area contributed by atoms with Gasteiger partial charge in [-0.25, -0.2) is 4.79 Å². The zero-order chi connectivity index (χ0) is 10.7. The van der Waals surface area contributed by atoms with Crippen LogP contribution in [0, 0.1) is 0 Å². The highest BCUT2D eigenvalue weighted by atomic mass is 16.6. The largest absolute Gasteiger partial charge is 0.444 e. The Morgan fingerprint density at radius 1 is 1.33 bits per heavy atom. The van der Waals surface area contributed by atoms with Crippen LogP contribution in [0.3, 0.4) is 0 Å². The lowest BCUT2D eigenvalue weighted by atomic mass is 10.1. The molecule has 2 aliphatic heterocycles. The molecule has 2 rings (SSSR count). The van der Waals surface area contributed by atoms with Gasteiger partial charge < -0.3 is 15.0 Å². The second kappa shape index (κ2) is 4.51. The number of hydrogen-bond donors (Lipinski definition) is 1. The Balaban J connectivity index is 1.78. The minimum atomic E-state index is -0.271. The van der Waals surface area contributed by atoms with Gasteiger partial charge in [-0.1, -0.05) is 0 Å². The van der Waals surface area contributed by atoms with Crippen molar-refractivity contribution in [2.45, 2.75) is 31.8 Å². The Hall–Kier alpha value is -1.26. The van der Waals surface area contributed by atoms with Crippen molar-refractivity contribution in [1.29, 1.82) is 0 Å². The number of likely N-dealkylation sites (tertiary alicyclic amines) is 1. The van der Waals surface area contributed by atoms with Gasteiger partial charge in [0.2, 0.25) is 5.91 Å². The van der Waals surface area contributed by atoms with Crippen molar-refractivity contribution in [3.63, 3.8) is 0 Å². The zero-order valence-corrected chi connectivity index (χ0v) is 8.70. The third kappa shape index (κ3) is 2.61. The summed E-state index contributed by atoms with van der Waals surface area (Å²) < 4.78 is 5.22. The molecule has 2 saturated heterocycles. The zero-order valence-electron chi connectivity index (χ0n) is 8.70. The number of rotatable bonds is 1. The fraction of sp³-hybridized carbons (Fsp3) is 0.800. The Bertz CT molecular complexity index is 261. The van der Waals surface area contributed by atoms with E-state index in [9.17, 15) is 9.59 Å². The van der Waals surface area contributed by atoms with Crippen LogP contribution in [0.1, 0.15) is 25.7 Å². The predicted molar refractivity (Wildman–Crippen MR) is 53.3 cm³/mol.